The van der Waals surface area contributed by atoms with Crippen molar-refractivity contribution in [2.45, 2.75) is 19.4 Å². The van der Waals surface area contributed by atoms with E-state index in [1.807, 2.05) is 0 Å². The first-order valence-corrected chi connectivity index (χ1v) is 5.84. The van der Waals surface area contributed by atoms with Gasteiger partial charge < -0.3 is 10.8 Å². The summed E-state index contributed by atoms with van der Waals surface area (Å²) in [5, 5.41) is 9.68. The third-order valence-electron chi connectivity index (χ3n) is 2.61. The third-order valence-corrected chi connectivity index (χ3v) is 2.61. The number of hydroxylamine groups is 1. The van der Waals surface area contributed by atoms with Gasteiger partial charge in [-0.15, -0.1) is 0 Å². The van der Waals surface area contributed by atoms with Crippen molar-refractivity contribution in [2.24, 2.45) is 5.73 Å². The number of nitrogens with two attached hydrogens (primary N) is 1. The smallest absolute Gasteiger partial charge is 0.320 e. The Balaban J connectivity index is 3.09. The molecule has 1 unspecified atom stereocenters. The summed E-state index contributed by atoms with van der Waals surface area (Å²) in [5.41, 5.74) is 5.78. The highest BCUT2D eigenvalue weighted by Crippen LogP contribution is 2.22. The van der Waals surface area contributed by atoms with Gasteiger partial charge in [0, 0.05) is 18.9 Å². The molecule has 0 bridgehead atoms. The van der Waals surface area contributed by atoms with E-state index in [0.717, 1.165) is 5.06 Å². The molecule has 1 atom stereocenters. The number of carbonyl (C=O) groups is 3. The molecular formula is C13H16N2O5. The number of Topliss-reactive ketones (excluding diaryl/α,β-unsaturated/α-hetero) is 1. The van der Waals surface area contributed by atoms with Gasteiger partial charge in [0.1, 0.15) is 6.04 Å². The molecule has 1 aromatic carbocycles. The largest absolute Gasteiger partial charge is 0.480 e. The third kappa shape index (κ3) is 3.62. The highest BCUT2D eigenvalue weighted by molar-refractivity contribution is 6.05. The van der Waals surface area contributed by atoms with Crippen molar-refractivity contribution in [1.29, 1.82) is 0 Å². The lowest BCUT2D eigenvalue weighted by Crippen LogP contribution is -2.33. The molecule has 0 saturated carbocycles. The highest BCUT2D eigenvalue weighted by atomic mass is 16.7. The maximum atomic E-state index is 12.1. The topological polar surface area (TPSA) is 110 Å². The molecule has 20 heavy (non-hydrogen) atoms. The van der Waals surface area contributed by atoms with Gasteiger partial charge in [-0.05, 0) is 12.1 Å². The van der Waals surface area contributed by atoms with Gasteiger partial charge in [-0.3, -0.25) is 19.2 Å². The molecule has 0 aliphatic rings. The minimum absolute atomic E-state index is 0.182. The van der Waals surface area contributed by atoms with Gasteiger partial charge in [-0.25, -0.2) is 0 Å². The predicted molar refractivity (Wildman–Crippen MR) is 71.2 cm³/mol. The fourth-order valence-electron chi connectivity index (χ4n) is 1.68. The van der Waals surface area contributed by atoms with Crippen molar-refractivity contribution in [3.05, 3.63) is 29.8 Å². The summed E-state index contributed by atoms with van der Waals surface area (Å²) >= 11 is 0. The Hall–Kier alpha value is -2.25. The van der Waals surface area contributed by atoms with Crippen molar-refractivity contribution in [3.63, 3.8) is 0 Å². The van der Waals surface area contributed by atoms with E-state index >= 15 is 0 Å². The number of rotatable bonds is 6. The van der Waals surface area contributed by atoms with Crippen LogP contribution in [0.15, 0.2) is 24.3 Å². The van der Waals surface area contributed by atoms with Crippen LogP contribution in [0.25, 0.3) is 0 Å². The van der Waals surface area contributed by atoms with E-state index in [0.29, 0.717) is 0 Å². The van der Waals surface area contributed by atoms with Crippen LogP contribution in [0.2, 0.25) is 0 Å². The average molecular weight is 280 g/mol. The Morgan fingerprint density at radius 1 is 1.35 bits per heavy atom. The Morgan fingerprint density at radius 3 is 2.45 bits per heavy atom. The van der Waals surface area contributed by atoms with E-state index in [1.165, 1.54) is 26.2 Å². The number of hydrogen-bond acceptors (Lipinski definition) is 5. The summed E-state index contributed by atoms with van der Waals surface area (Å²) < 4.78 is 0. The molecule has 108 valence electrons. The lowest BCUT2D eigenvalue weighted by Gasteiger charge is -2.20. The van der Waals surface area contributed by atoms with Crippen LogP contribution >= 0.6 is 0 Å². The van der Waals surface area contributed by atoms with E-state index < -0.39 is 23.7 Å². The number of ketones is 1. The molecule has 7 nitrogen and oxygen atoms in total. The van der Waals surface area contributed by atoms with E-state index in [2.05, 4.69) is 0 Å². The van der Waals surface area contributed by atoms with Crippen LogP contribution in [0, 0.1) is 0 Å². The van der Waals surface area contributed by atoms with E-state index in [1.54, 1.807) is 12.1 Å². The Bertz CT molecular complexity index is 529. The summed E-state index contributed by atoms with van der Waals surface area (Å²) in [7, 11) is 1.30. The Labute approximate surface area is 115 Å². The lowest BCUT2D eigenvalue weighted by atomic mass is 10.0. The SMILES string of the molecule is CON(C(C)=O)c1ccccc1C(=O)CC(N)C(=O)O. The fraction of sp³-hybridized carbons (Fsp3) is 0.308. The molecule has 0 saturated heterocycles. The average Bonchev–Trinajstić information content (AvgIpc) is 2.39. The maximum Gasteiger partial charge on any atom is 0.320 e. The minimum atomic E-state index is -1.29. The predicted octanol–water partition coefficient (Wildman–Crippen LogP) is 0.586. The summed E-state index contributed by atoms with van der Waals surface area (Å²) in [6.45, 7) is 1.29. The zero-order valence-electron chi connectivity index (χ0n) is 11.2. The number of carboxylic acids is 1. The van der Waals surface area contributed by atoms with Gasteiger partial charge in [-0.1, -0.05) is 12.1 Å². The van der Waals surface area contributed by atoms with Gasteiger partial charge in [0.15, 0.2) is 5.78 Å². The molecular weight excluding hydrogens is 264 g/mol. The van der Waals surface area contributed by atoms with Crippen LogP contribution < -0.4 is 10.8 Å². The maximum absolute atomic E-state index is 12.1. The van der Waals surface area contributed by atoms with Crippen molar-refractivity contribution in [2.75, 3.05) is 12.2 Å². The molecule has 1 aromatic rings. The molecule has 1 rings (SSSR count). The van der Waals surface area contributed by atoms with Crippen LogP contribution in [-0.2, 0) is 14.4 Å². The first kappa shape index (κ1) is 15.8. The van der Waals surface area contributed by atoms with Crippen molar-refractivity contribution >= 4 is 23.3 Å². The van der Waals surface area contributed by atoms with Crippen LogP contribution in [0.3, 0.4) is 0 Å². The molecule has 1 amide bonds. The zero-order valence-corrected chi connectivity index (χ0v) is 11.2. The molecule has 0 aromatic heterocycles. The molecule has 0 spiro atoms. The standard InChI is InChI=1S/C13H16N2O5/c1-8(16)15(20-2)11-6-4-3-5-9(11)12(17)7-10(14)13(18)19/h3-6,10H,7,14H2,1-2H3,(H,18,19). The molecule has 0 aliphatic carbocycles. The summed E-state index contributed by atoms with van der Waals surface area (Å²) in [5.74, 6) is -2.14. The van der Waals surface area contributed by atoms with Gasteiger partial charge in [0.2, 0.25) is 5.91 Å². The second-order valence-electron chi connectivity index (χ2n) is 4.09. The molecule has 0 aliphatic heterocycles. The number of anilines is 1. The number of aliphatic carboxylic acids is 1. The summed E-state index contributed by atoms with van der Waals surface area (Å²) in [6, 6.07) is 4.98. The van der Waals surface area contributed by atoms with Crippen LogP contribution in [0.5, 0.6) is 0 Å². The van der Waals surface area contributed by atoms with Gasteiger partial charge in [0.25, 0.3) is 0 Å². The second-order valence-corrected chi connectivity index (χ2v) is 4.09. The highest BCUT2D eigenvalue weighted by Gasteiger charge is 2.23. The molecule has 0 radical (unpaired) electrons. The number of para-hydroxylation sites is 1. The van der Waals surface area contributed by atoms with Gasteiger partial charge >= 0.3 is 5.97 Å². The molecule has 0 fully saturated rings. The van der Waals surface area contributed by atoms with Crippen LogP contribution in [0.1, 0.15) is 23.7 Å². The molecule has 7 heteroatoms. The minimum Gasteiger partial charge on any atom is -0.480 e. The fourth-order valence-corrected chi connectivity index (χ4v) is 1.68. The number of benzene rings is 1. The van der Waals surface area contributed by atoms with Gasteiger partial charge in [0.05, 0.1) is 12.8 Å². The number of hydrogen-bond donors (Lipinski definition) is 2. The zero-order chi connectivity index (χ0) is 15.3. The van der Waals surface area contributed by atoms with Gasteiger partial charge in [-0.2, -0.15) is 5.06 Å². The number of carboxylic acid groups (broad SMARTS) is 1. The Morgan fingerprint density at radius 2 is 1.95 bits per heavy atom. The van der Waals surface area contributed by atoms with Crippen LogP contribution in [0.4, 0.5) is 5.69 Å². The van der Waals surface area contributed by atoms with Crippen LogP contribution in [-0.4, -0.2) is 35.9 Å². The van der Waals surface area contributed by atoms with Crippen molar-refractivity contribution in [3.8, 4) is 0 Å². The van der Waals surface area contributed by atoms with E-state index in [-0.39, 0.29) is 17.7 Å². The number of amides is 1. The quantitative estimate of drug-likeness (QED) is 0.582. The van der Waals surface area contributed by atoms with Crippen molar-refractivity contribution in [1.82, 2.24) is 0 Å². The van der Waals surface area contributed by atoms with Crippen molar-refractivity contribution < 1.29 is 24.3 Å². The number of carbonyl (C=O) groups excluding carboxylic acids is 2. The second kappa shape index (κ2) is 6.78. The lowest BCUT2D eigenvalue weighted by molar-refractivity contribution is -0.138. The molecule has 0 heterocycles. The summed E-state index contributed by atoms with van der Waals surface area (Å²) in [6.07, 6.45) is -0.359. The first-order valence-electron chi connectivity index (χ1n) is 5.84. The Kier molecular flexibility index (Phi) is 5.36. The first-order chi connectivity index (χ1) is 9.38. The summed E-state index contributed by atoms with van der Waals surface area (Å²) in [4.78, 5) is 39.1. The molecule has 3 N–H and O–H groups in total. The van der Waals surface area contributed by atoms with E-state index in [4.69, 9.17) is 15.7 Å². The normalized spacial score (nSPS) is 11.8. The van der Waals surface area contributed by atoms with E-state index in [9.17, 15) is 14.4 Å². The number of nitrogens with zero attached hydrogens (tertiary/aromatic N) is 1. The monoisotopic (exact) mass is 280 g/mol.